The maximum absolute atomic E-state index is 12.0. The zero-order chi connectivity index (χ0) is 13.3. The lowest BCUT2D eigenvalue weighted by molar-refractivity contribution is 0.0934. The number of rotatable bonds is 2. The fourth-order valence-corrected chi connectivity index (χ4v) is 3.52. The first-order valence-corrected chi connectivity index (χ1v) is 7.53. The smallest absolute Gasteiger partial charge is 0.257 e. The van der Waals surface area contributed by atoms with E-state index in [9.17, 15) is 13.2 Å². The number of sulfone groups is 1. The topological polar surface area (TPSA) is 118 Å². The Morgan fingerprint density at radius 2 is 2.06 bits per heavy atom. The van der Waals surface area contributed by atoms with Crippen molar-refractivity contribution < 1.29 is 13.2 Å². The summed E-state index contributed by atoms with van der Waals surface area (Å²) in [7, 11) is -2.92. The van der Waals surface area contributed by atoms with Gasteiger partial charge in [0.25, 0.3) is 5.91 Å². The minimum absolute atomic E-state index is 0.116. The highest BCUT2D eigenvalue weighted by Gasteiger charge is 2.26. The van der Waals surface area contributed by atoms with Crippen molar-refractivity contribution in [3.05, 3.63) is 11.3 Å². The molecule has 1 saturated heterocycles. The second-order valence-electron chi connectivity index (χ2n) is 4.51. The number of nitrogens with zero attached hydrogens (tertiary/aromatic N) is 1. The van der Waals surface area contributed by atoms with Crippen LogP contribution in [0.15, 0.2) is 0 Å². The maximum Gasteiger partial charge on any atom is 0.257 e. The molecule has 0 saturated carbocycles. The van der Waals surface area contributed by atoms with Gasteiger partial charge in [-0.25, -0.2) is 8.42 Å². The number of nitrogens with one attached hydrogen (secondary N) is 2. The number of nitrogen functional groups attached to an aromatic ring is 1. The monoisotopic (exact) mass is 272 g/mol. The number of nitrogens with two attached hydrogens (primary N) is 1. The standard InChI is InChI=1S/C10H16N4O3S/c1-6-8(9(11)14-13-6)10(15)12-7-2-4-18(16,17)5-3-7/h7H,2-5H2,1H3,(H,12,15)(H3,11,13,14). The van der Waals surface area contributed by atoms with Gasteiger partial charge in [0.05, 0.1) is 11.5 Å². The summed E-state index contributed by atoms with van der Waals surface area (Å²) >= 11 is 0. The number of hydrogen-bond acceptors (Lipinski definition) is 5. The number of carbonyl (C=O) groups excluding carboxylic acids is 1. The van der Waals surface area contributed by atoms with E-state index >= 15 is 0 Å². The van der Waals surface area contributed by atoms with Crippen molar-refractivity contribution in [3.8, 4) is 0 Å². The van der Waals surface area contributed by atoms with Crippen molar-refractivity contribution >= 4 is 21.6 Å². The fourth-order valence-electron chi connectivity index (χ4n) is 2.03. The number of carbonyl (C=O) groups is 1. The van der Waals surface area contributed by atoms with Crippen LogP contribution in [0.5, 0.6) is 0 Å². The quantitative estimate of drug-likeness (QED) is 0.677. The van der Waals surface area contributed by atoms with Gasteiger partial charge in [0, 0.05) is 11.7 Å². The van der Waals surface area contributed by atoms with Gasteiger partial charge < -0.3 is 11.1 Å². The van der Waals surface area contributed by atoms with E-state index in [2.05, 4.69) is 15.5 Å². The van der Waals surface area contributed by atoms with E-state index in [-0.39, 0.29) is 29.3 Å². The van der Waals surface area contributed by atoms with Gasteiger partial charge in [-0.05, 0) is 19.8 Å². The largest absolute Gasteiger partial charge is 0.382 e. The van der Waals surface area contributed by atoms with Crippen LogP contribution in [0.2, 0.25) is 0 Å². The summed E-state index contributed by atoms with van der Waals surface area (Å²) in [5, 5.41) is 9.18. The lowest BCUT2D eigenvalue weighted by Gasteiger charge is -2.22. The molecule has 4 N–H and O–H groups in total. The second-order valence-corrected chi connectivity index (χ2v) is 6.81. The molecule has 1 aromatic heterocycles. The molecule has 1 aliphatic rings. The molecular weight excluding hydrogens is 256 g/mol. The van der Waals surface area contributed by atoms with Gasteiger partial charge in [0.2, 0.25) is 0 Å². The van der Waals surface area contributed by atoms with Crippen molar-refractivity contribution in [1.29, 1.82) is 0 Å². The molecule has 7 nitrogen and oxygen atoms in total. The van der Waals surface area contributed by atoms with Crippen molar-refractivity contribution in [1.82, 2.24) is 15.5 Å². The minimum Gasteiger partial charge on any atom is -0.382 e. The minimum atomic E-state index is -2.92. The third-order valence-corrected chi connectivity index (χ3v) is 4.81. The Labute approximate surface area is 105 Å². The van der Waals surface area contributed by atoms with Crippen molar-refractivity contribution in [2.24, 2.45) is 0 Å². The molecule has 0 radical (unpaired) electrons. The Kier molecular flexibility index (Phi) is 3.29. The summed E-state index contributed by atoms with van der Waals surface area (Å²) in [5.41, 5.74) is 6.53. The van der Waals surface area contributed by atoms with Gasteiger partial charge >= 0.3 is 0 Å². The van der Waals surface area contributed by atoms with Gasteiger partial charge in [-0.15, -0.1) is 0 Å². The van der Waals surface area contributed by atoms with E-state index in [0.29, 0.717) is 24.1 Å². The van der Waals surface area contributed by atoms with E-state index in [1.807, 2.05) is 0 Å². The summed E-state index contributed by atoms with van der Waals surface area (Å²) in [6, 6.07) is -0.116. The fraction of sp³-hybridized carbons (Fsp3) is 0.600. The average molecular weight is 272 g/mol. The van der Waals surface area contributed by atoms with E-state index in [0.717, 1.165) is 0 Å². The predicted octanol–water partition coefficient (Wildman–Crippen LogP) is -0.393. The molecule has 1 aliphatic heterocycles. The van der Waals surface area contributed by atoms with Gasteiger partial charge in [-0.3, -0.25) is 9.89 Å². The van der Waals surface area contributed by atoms with Crippen molar-refractivity contribution in [2.75, 3.05) is 17.2 Å². The van der Waals surface area contributed by atoms with Gasteiger partial charge in [-0.1, -0.05) is 0 Å². The normalized spacial score (nSPS) is 19.6. The third kappa shape index (κ3) is 2.63. The molecule has 0 bridgehead atoms. The lowest BCUT2D eigenvalue weighted by Crippen LogP contribution is -2.41. The molecule has 2 rings (SSSR count). The molecule has 100 valence electrons. The first kappa shape index (κ1) is 12.9. The molecule has 0 aromatic carbocycles. The van der Waals surface area contributed by atoms with Crippen LogP contribution < -0.4 is 11.1 Å². The molecule has 2 heterocycles. The summed E-state index contributed by atoms with van der Waals surface area (Å²) < 4.78 is 22.5. The number of aromatic nitrogens is 2. The molecule has 1 amide bonds. The highest BCUT2D eigenvalue weighted by atomic mass is 32.2. The van der Waals surface area contributed by atoms with Gasteiger partial charge in [0.1, 0.15) is 15.4 Å². The van der Waals surface area contributed by atoms with Crippen LogP contribution in [0.4, 0.5) is 5.82 Å². The lowest BCUT2D eigenvalue weighted by atomic mass is 10.1. The molecule has 1 fully saturated rings. The molecule has 0 atom stereocenters. The van der Waals surface area contributed by atoms with Crippen LogP contribution in [0.3, 0.4) is 0 Å². The average Bonchev–Trinajstić information content (AvgIpc) is 2.62. The Hall–Kier alpha value is -1.57. The van der Waals surface area contributed by atoms with Crippen LogP contribution in [-0.4, -0.2) is 42.1 Å². The van der Waals surface area contributed by atoms with Crippen molar-refractivity contribution in [2.45, 2.75) is 25.8 Å². The molecule has 18 heavy (non-hydrogen) atoms. The Morgan fingerprint density at radius 3 is 2.56 bits per heavy atom. The van der Waals surface area contributed by atoms with E-state index in [4.69, 9.17) is 5.73 Å². The number of aromatic amines is 1. The summed E-state index contributed by atoms with van der Waals surface area (Å²) in [6.45, 7) is 1.71. The third-order valence-electron chi connectivity index (χ3n) is 3.09. The van der Waals surface area contributed by atoms with Crippen molar-refractivity contribution in [3.63, 3.8) is 0 Å². The van der Waals surface area contributed by atoms with Crippen LogP contribution in [0.1, 0.15) is 28.9 Å². The van der Waals surface area contributed by atoms with Crippen LogP contribution in [-0.2, 0) is 9.84 Å². The Morgan fingerprint density at radius 1 is 1.44 bits per heavy atom. The number of anilines is 1. The second kappa shape index (κ2) is 4.60. The molecule has 0 aliphatic carbocycles. The van der Waals surface area contributed by atoms with E-state index < -0.39 is 9.84 Å². The van der Waals surface area contributed by atoms with E-state index in [1.165, 1.54) is 0 Å². The molecule has 0 unspecified atom stereocenters. The Bertz CT molecular complexity index is 530. The van der Waals surface area contributed by atoms with Crippen LogP contribution in [0.25, 0.3) is 0 Å². The molecule has 1 aromatic rings. The van der Waals surface area contributed by atoms with Crippen LogP contribution in [0, 0.1) is 6.92 Å². The van der Waals surface area contributed by atoms with Crippen LogP contribution >= 0.6 is 0 Å². The first-order valence-electron chi connectivity index (χ1n) is 5.71. The number of amides is 1. The number of H-pyrrole nitrogens is 1. The summed E-state index contributed by atoms with van der Waals surface area (Å²) in [4.78, 5) is 12.0. The van der Waals surface area contributed by atoms with Gasteiger partial charge in [-0.2, -0.15) is 5.10 Å². The van der Waals surface area contributed by atoms with E-state index in [1.54, 1.807) is 6.92 Å². The zero-order valence-electron chi connectivity index (χ0n) is 10.1. The summed E-state index contributed by atoms with van der Waals surface area (Å²) in [5.74, 6) is 0.103. The SMILES string of the molecule is Cc1[nH]nc(N)c1C(=O)NC1CCS(=O)(=O)CC1. The highest BCUT2D eigenvalue weighted by Crippen LogP contribution is 2.16. The predicted molar refractivity (Wildman–Crippen MR) is 66.9 cm³/mol. The first-order chi connectivity index (χ1) is 8.39. The Balaban J connectivity index is 2.01. The molecule has 0 spiro atoms. The zero-order valence-corrected chi connectivity index (χ0v) is 10.9. The molecule has 8 heteroatoms. The number of hydrogen-bond donors (Lipinski definition) is 3. The number of aryl methyl sites for hydroxylation is 1. The summed E-state index contributed by atoms with van der Waals surface area (Å²) in [6.07, 6.45) is 0.899. The van der Waals surface area contributed by atoms with Gasteiger partial charge in [0.15, 0.2) is 5.82 Å². The molecular formula is C10H16N4O3S. The highest BCUT2D eigenvalue weighted by molar-refractivity contribution is 7.91. The maximum atomic E-state index is 12.0.